The number of nitrogens with two attached hydrogens (primary N) is 1. The van der Waals surface area contributed by atoms with Gasteiger partial charge < -0.3 is 25.0 Å². The number of ether oxygens (including phenoxy) is 2. The molecular weight excluding hydrogens is 420 g/mol. The van der Waals surface area contributed by atoms with Gasteiger partial charge >= 0.3 is 0 Å². The number of hydrogen-bond donors (Lipinski definition) is 2. The SMILES string of the molecule is COc1nc2c(N3CCCc4ncccc43)n[nH]c2nc1N1CCC2(CC1)CO[C@@H](C)[C@H]2N. The Kier molecular flexibility index (Phi) is 4.88. The number of aromatic amines is 1. The molecule has 3 aromatic rings. The van der Waals surface area contributed by atoms with Gasteiger partial charge in [-0.1, -0.05) is 0 Å². The number of hydrogen-bond acceptors (Lipinski definition) is 9. The Bertz CT molecular complexity index is 1170. The molecule has 174 valence electrons. The molecule has 0 amide bonds. The summed E-state index contributed by atoms with van der Waals surface area (Å²) in [6.45, 7) is 5.35. The predicted molar refractivity (Wildman–Crippen MR) is 125 cm³/mol. The minimum atomic E-state index is 0.0531. The lowest BCUT2D eigenvalue weighted by Gasteiger charge is -2.41. The third-order valence-corrected chi connectivity index (χ3v) is 7.63. The molecule has 3 aliphatic rings. The van der Waals surface area contributed by atoms with Crippen LogP contribution in [0.25, 0.3) is 11.2 Å². The number of nitrogens with zero attached hydrogens (tertiary/aromatic N) is 6. The standard InChI is InChI=1S/C23H30N8O2/c1-14-18(24)23(13-33-14)7-11-30(12-8-23)21-22(32-2)26-17-19(27-21)28-29-20(17)31-10-4-5-15-16(31)6-3-9-25-15/h3,6,9,14,18H,4-5,7-8,10-13,24H2,1-2H3,(H,27,28,29)/t14-,18+/m0/s1. The van der Waals surface area contributed by atoms with Crippen molar-refractivity contribution in [1.82, 2.24) is 25.1 Å². The van der Waals surface area contributed by atoms with Crippen molar-refractivity contribution >= 4 is 28.5 Å². The van der Waals surface area contributed by atoms with E-state index in [9.17, 15) is 0 Å². The first-order chi connectivity index (χ1) is 16.1. The van der Waals surface area contributed by atoms with Gasteiger partial charge in [0.2, 0.25) is 0 Å². The van der Waals surface area contributed by atoms with Gasteiger partial charge in [0.05, 0.1) is 31.2 Å². The van der Waals surface area contributed by atoms with E-state index in [-0.39, 0.29) is 17.6 Å². The Morgan fingerprint density at radius 1 is 1.21 bits per heavy atom. The van der Waals surface area contributed by atoms with Crippen LogP contribution in [0.3, 0.4) is 0 Å². The Balaban J connectivity index is 1.31. The van der Waals surface area contributed by atoms with Gasteiger partial charge in [-0.15, -0.1) is 0 Å². The number of aryl methyl sites for hydroxylation is 1. The second-order valence-corrected chi connectivity index (χ2v) is 9.42. The molecule has 0 unspecified atom stereocenters. The van der Waals surface area contributed by atoms with Crippen molar-refractivity contribution in [2.24, 2.45) is 11.1 Å². The summed E-state index contributed by atoms with van der Waals surface area (Å²) in [5, 5.41) is 7.70. The fraction of sp³-hybridized carbons (Fsp3) is 0.565. The van der Waals surface area contributed by atoms with Crippen molar-refractivity contribution in [2.75, 3.05) is 43.2 Å². The third-order valence-electron chi connectivity index (χ3n) is 7.63. The monoisotopic (exact) mass is 450 g/mol. The van der Waals surface area contributed by atoms with E-state index in [1.54, 1.807) is 7.11 Å². The van der Waals surface area contributed by atoms with Crippen LogP contribution in [0.1, 0.15) is 31.9 Å². The van der Waals surface area contributed by atoms with E-state index in [1.807, 2.05) is 12.3 Å². The normalized spacial score (nSPS) is 24.5. The highest BCUT2D eigenvalue weighted by Gasteiger charge is 2.48. The molecule has 0 aliphatic carbocycles. The number of methoxy groups -OCH3 is 1. The summed E-state index contributed by atoms with van der Waals surface area (Å²) in [5.74, 6) is 2.03. The number of rotatable bonds is 3. The lowest BCUT2D eigenvalue weighted by Crippen LogP contribution is -2.50. The highest BCUT2D eigenvalue weighted by molar-refractivity contribution is 5.88. The van der Waals surface area contributed by atoms with Gasteiger partial charge in [-0.2, -0.15) is 5.10 Å². The average molecular weight is 451 g/mol. The lowest BCUT2D eigenvalue weighted by atomic mass is 9.73. The second-order valence-electron chi connectivity index (χ2n) is 9.42. The maximum Gasteiger partial charge on any atom is 0.258 e. The number of aromatic nitrogens is 5. The van der Waals surface area contributed by atoms with Gasteiger partial charge in [-0.05, 0) is 44.7 Å². The first-order valence-electron chi connectivity index (χ1n) is 11.7. The van der Waals surface area contributed by atoms with Crippen LogP contribution in [0.15, 0.2) is 18.3 Å². The van der Waals surface area contributed by atoms with E-state index in [2.05, 4.69) is 38.0 Å². The summed E-state index contributed by atoms with van der Waals surface area (Å²) >= 11 is 0. The minimum absolute atomic E-state index is 0.0531. The van der Waals surface area contributed by atoms with Gasteiger partial charge in [0, 0.05) is 37.3 Å². The molecule has 6 rings (SSSR count). The van der Waals surface area contributed by atoms with Crippen LogP contribution in [0.5, 0.6) is 5.88 Å². The quantitative estimate of drug-likeness (QED) is 0.619. The van der Waals surface area contributed by atoms with Crippen molar-refractivity contribution < 1.29 is 9.47 Å². The zero-order valence-corrected chi connectivity index (χ0v) is 19.1. The molecule has 3 aromatic heterocycles. The molecular formula is C23H30N8O2. The lowest BCUT2D eigenvalue weighted by molar-refractivity contribution is 0.0973. The van der Waals surface area contributed by atoms with Crippen molar-refractivity contribution in [2.45, 2.75) is 44.8 Å². The molecule has 2 fully saturated rings. The van der Waals surface area contributed by atoms with E-state index in [0.29, 0.717) is 17.0 Å². The summed E-state index contributed by atoms with van der Waals surface area (Å²) in [7, 11) is 1.65. The fourth-order valence-corrected chi connectivity index (χ4v) is 5.58. The van der Waals surface area contributed by atoms with Crippen LogP contribution in [0.2, 0.25) is 0 Å². The molecule has 6 heterocycles. The maximum absolute atomic E-state index is 6.49. The first kappa shape index (κ1) is 20.6. The molecule has 2 saturated heterocycles. The number of pyridine rings is 1. The van der Waals surface area contributed by atoms with Gasteiger partial charge in [-0.25, -0.2) is 9.97 Å². The van der Waals surface area contributed by atoms with Crippen LogP contribution >= 0.6 is 0 Å². The zero-order valence-electron chi connectivity index (χ0n) is 19.1. The summed E-state index contributed by atoms with van der Waals surface area (Å²) in [5.41, 5.74) is 10.1. The van der Waals surface area contributed by atoms with Gasteiger partial charge in [0.25, 0.3) is 5.88 Å². The van der Waals surface area contributed by atoms with Crippen molar-refractivity contribution in [3.05, 3.63) is 24.0 Å². The smallest absolute Gasteiger partial charge is 0.258 e. The summed E-state index contributed by atoms with van der Waals surface area (Å²) < 4.78 is 11.6. The molecule has 3 N–H and O–H groups in total. The number of anilines is 3. The molecule has 10 heteroatoms. The Hall–Kier alpha value is -2.98. The molecule has 0 bridgehead atoms. The largest absolute Gasteiger partial charge is 0.478 e. The van der Waals surface area contributed by atoms with Gasteiger partial charge in [0.15, 0.2) is 22.8 Å². The van der Waals surface area contributed by atoms with Crippen molar-refractivity contribution in [3.63, 3.8) is 0 Å². The van der Waals surface area contributed by atoms with Crippen LogP contribution in [-0.2, 0) is 11.2 Å². The Labute approximate surface area is 192 Å². The van der Waals surface area contributed by atoms with Crippen molar-refractivity contribution in [3.8, 4) is 5.88 Å². The van der Waals surface area contributed by atoms with E-state index in [0.717, 1.165) is 74.9 Å². The number of piperidine rings is 1. The highest BCUT2D eigenvalue weighted by atomic mass is 16.5. The molecule has 0 radical (unpaired) electrons. The van der Waals surface area contributed by atoms with Crippen LogP contribution < -0.4 is 20.3 Å². The second kappa shape index (κ2) is 7.81. The number of fused-ring (bicyclic) bond motifs is 2. The highest BCUT2D eigenvalue weighted by Crippen LogP contribution is 2.43. The Morgan fingerprint density at radius 2 is 2.06 bits per heavy atom. The maximum atomic E-state index is 6.49. The van der Waals surface area contributed by atoms with Crippen LogP contribution in [0, 0.1) is 5.41 Å². The Morgan fingerprint density at radius 3 is 2.82 bits per heavy atom. The molecule has 3 aliphatic heterocycles. The molecule has 0 aromatic carbocycles. The molecule has 33 heavy (non-hydrogen) atoms. The predicted octanol–water partition coefficient (Wildman–Crippen LogP) is 2.17. The van der Waals surface area contributed by atoms with E-state index in [1.165, 1.54) is 0 Å². The summed E-state index contributed by atoms with van der Waals surface area (Å²) in [6.07, 6.45) is 5.87. The van der Waals surface area contributed by atoms with Crippen molar-refractivity contribution in [1.29, 1.82) is 0 Å². The van der Waals surface area contributed by atoms with Crippen LogP contribution in [0.4, 0.5) is 17.3 Å². The number of H-pyrrole nitrogens is 1. The fourth-order valence-electron chi connectivity index (χ4n) is 5.58. The summed E-state index contributed by atoms with van der Waals surface area (Å²) in [6, 6.07) is 4.12. The van der Waals surface area contributed by atoms with Gasteiger partial charge in [-0.3, -0.25) is 10.1 Å². The summed E-state index contributed by atoms with van der Waals surface area (Å²) in [4.78, 5) is 18.7. The molecule has 0 saturated carbocycles. The zero-order chi connectivity index (χ0) is 22.6. The first-order valence-corrected chi connectivity index (χ1v) is 11.7. The third kappa shape index (κ3) is 3.23. The minimum Gasteiger partial charge on any atom is -0.478 e. The van der Waals surface area contributed by atoms with E-state index < -0.39 is 0 Å². The van der Waals surface area contributed by atoms with Crippen LogP contribution in [-0.4, -0.2) is 70.6 Å². The molecule has 2 atom stereocenters. The average Bonchev–Trinajstić information content (AvgIpc) is 3.39. The van der Waals surface area contributed by atoms with Gasteiger partial charge in [0.1, 0.15) is 0 Å². The molecule has 10 nitrogen and oxygen atoms in total. The topological polar surface area (TPSA) is 118 Å². The van der Waals surface area contributed by atoms with E-state index in [4.69, 9.17) is 25.2 Å². The molecule has 1 spiro atoms. The number of nitrogens with one attached hydrogen (secondary N) is 1. The van der Waals surface area contributed by atoms with E-state index >= 15 is 0 Å².